The number of carboxylic acids is 1. The Morgan fingerprint density at radius 3 is 1.43 bits per heavy atom. The van der Waals surface area contributed by atoms with Gasteiger partial charge in [-0.1, -0.05) is 72.8 Å². The molecule has 13 heteroatoms. The van der Waals surface area contributed by atoms with Gasteiger partial charge in [0.1, 0.15) is 11.1 Å². The lowest BCUT2D eigenvalue weighted by molar-refractivity contribution is -0.150. The van der Waals surface area contributed by atoms with Gasteiger partial charge in [-0.3, -0.25) is 18.0 Å². The number of carbonyl (C=O) groups excluding carboxylic acids is 3. The van der Waals surface area contributed by atoms with Gasteiger partial charge in [-0.25, -0.2) is 9.59 Å². The lowest BCUT2D eigenvalue weighted by atomic mass is 9.95. The number of carbonyl (C=O) groups is 4. The molecule has 4 N–H and O–H groups in total. The quantitative estimate of drug-likeness (QED) is 0.207. The number of amides is 1. The molecule has 0 heterocycles. The molecule has 0 bridgehead atoms. The molecule has 1 amide bonds. The van der Waals surface area contributed by atoms with E-state index in [0.29, 0.717) is 47.6 Å². The number of hydrogen-bond donors (Lipinski definition) is 3. The first kappa shape index (κ1) is 40.8. The second kappa shape index (κ2) is 18.2. The second-order valence-electron chi connectivity index (χ2n) is 12.6. The standard InChI is InChI=1S/C20H21NO4S.C12H15NO2.C8H8O3S/c1-3-25-19(23)20(12-14-8-4-5-9-15(14)13-20)21-18(22)16-10-6-7-11-17(16)26(2)24;1-2-15-11(14)12(13)7-9-5-3-4-6-10(9)8-12;1-12(11)7-5-3-2-4-6(7)8(9)10/h4-11H,3,12-13H2,1-2H3,(H,21,22);3-6H,2,7-8,13H2,1H3;2-5H,1H3,(H,9,10). The van der Waals surface area contributed by atoms with Crippen LogP contribution >= 0.6 is 0 Å². The van der Waals surface area contributed by atoms with Crippen LogP contribution in [-0.2, 0) is 66.3 Å². The SMILES string of the molecule is CCOC(=O)C1(N)Cc2ccccc2C1.CCOC(=O)C1(NC(=O)c2ccccc2S(C)=O)Cc2ccccc2C1.CS(=O)c1ccccc1C(=O)O. The van der Waals surface area contributed by atoms with Crippen LogP contribution in [0.25, 0.3) is 0 Å². The van der Waals surface area contributed by atoms with E-state index in [2.05, 4.69) is 5.32 Å². The normalized spacial score (nSPS) is 15.4. The average molecular weight is 761 g/mol. The summed E-state index contributed by atoms with van der Waals surface area (Å²) in [4.78, 5) is 48.8. The molecule has 0 radical (unpaired) electrons. The van der Waals surface area contributed by atoms with Gasteiger partial charge >= 0.3 is 17.9 Å². The van der Waals surface area contributed by atoms with Crippen LogP contribution in [0, 0.1) is 0 Å². The molecule has 2 aliphatic rings. The fourth-order valence-corrected chi connectivity index (χ4v) is 7.79. The lowest BCUT2D eigenvalue weighted by Gasteiger charge is -2.28. The minimum Gasteiger partial charge on any atom is -0.478 e. The molecule has 2 atom stereocenters. The maximum atomic E-state index is 12.9. The topological polar surface area (TPSA) is 179 Å². The molecule has 4 aromatic carbocycles. The van der Waals surface area contributed by atoms with Crippen LogP contribution in [0.3, 0.4) is 0 Å². The summed E-state index contributed by atoms with van der Waals surface area (Å²) in [6.07, 6.45) is 4.92. The maximum absolute atomic E-state index is 12.9. The summed E-state index contributed by atoms with van der Waals surface area (Å²) in [5.74, 6) is -2.20. The van der Waals surface area contributed by atoms with E-state index >= 15 is 0 Å². The van der Waals surface area contributed by atoms with E-state index in [-0.39, 0.29) is 18.1 Å². The minimum atomic E-state index is -1.31. The number of benzene rings is 4. The van der Waals surface area contributed by atoms with Gasteiger partial charge in [-0.2, -0.15) is 0 Å². The number of esters is 2. The number of ether oxygens (including phenoxy) is 2. The molecular formula is C40H44N2O9S2. The van der Waals surface area contributed by atoms with Crippen LogP contribution in [0.1, 0.15) is 56.8 Å². The summed E-state index contributed by atoms with van der Waals surface area (Å²) in [5, 5.41) is 11.6. The smallest absolute Gasteiger partial charge is 0.336 e. The predicted octanol–water partition coefficient (Wildman–Crippen LogP) is 4.42. The zero-order valence-corrected chi connectivity index (χ0v) is 31.7. The zero-order chi connectivity index (χ0) is 38.8. The van der Waals surface area contributed by atoms with Crippen molar-refractivity contribution < 1.29 is 42.2 Å². The van der Waals surface area contributed by atoms with Crippen molar-refractivity contribution in [3.05, 3.63) is 130 Å². The largest absolute Gasteiger partial charge is 0.478 e. The monoisotopic (exact) mass is 760 g/mol. The van der Waals surface area contributed by atoms with Crippen molar-refractivity contribution in [1.29, 1.82) is 0 Å². The van der Waals surface area contributed by atoms with E-state index < -0.39 is 50.5 Å². The van der Waals surface area contributed by atoms with Crippen LogP contribution in [0.15, 0.2) is 107 Å². The molecule has 6 rings (SSSR count). The van der Waals surface area contributed by atoms with Crippen molar-refractivity contribution in [1.82, 2.24) is 5.32 Å². The number of fused-ring (bicyclic) bond motifs is 2. The summed E-state index contributed by atoms with van der Waals surface area (Å²) in [7, 11) is -2.55. The first-order chi connectivity index (χ1) is 25.2. The molecule has 4 aromatic rings. The molecule has 0 fully saturated rings. The van der Waals surface area contributed by atoms with Crippen LogP contribution in [0.2, 0.25) is 0 Å². The van der Waals surface area contributed by atoms with Crippen molar-refractivity contribution in [2.45, 2.75) is 60.4 Å². The van der Waals surface area contributed by atoms with E-state index in [4.69, 9.17) is 20.3 Å². The van der Waals surface area contributed by atoms with E-state index in [1.54, 1.807) is 56.3 Å². The van der Waals surface area contributed by atoms with Crippen LogP contribution in [0.5, 0.6) is 0 Å². The number of aromatic carboxylic acids is 1. The Morgan fingerprint density at radius 1 is 0.642 bits per heavy atom. The second-order valence-corrected chi connectivity index (χ2v) is 15.3. The lowest BCUT2D eigenvalue weighted by Crippen LogP contribution is -2.56. The zero-order valence-electron chi connectivity index (χ0n) is 30.1. The summed E-state index contributed by atoms with van der Waals surface area (Å²) in [6.45, 7) is 4.16. The molecule has 0 aromatic heterocycles. The molecule has 2 unspecified atom stereocenters. The first-order valence-corrected chi connectivity index (χ1v) is 20.0. The van der Waals surface area contributed by atoms with Gasteiger partial charge in [0.25, 0.3) is 5.91 Å². The molecule has 0 saturated carbocycles. The maximum Gasteiger partial charge on any atom is 0.336 e. The number of nitrogens with one attached hydrogen (secondary N) is 1. The summed E-state index contributed by atoms with van der Waals surface area (Å²) in [5.41, 5.74) is 8.86. The van der Waals surface area contributed by atoms with Crippen molar-refractivity contribution in [3.63, 3.8) is 0 Å². The van der Waals surface area contributed by atoms with Gasteiger partial charge in [-0.15, -0.1) is 0 Å². The molecule has 2 aliphatic carbocycles. The predicted molar refractivity (Wildman–Crippen MR) is 203 cm³/mol. The number of carboxylic acid groups (broad SMARTS) is 1. The highest BCUT2D eigenvalue weighted by Gasteiger charge is 2.47. The van der Waals surface area contributed by atoms with Gasteiger partial charge in [0, 0.05) is 38.2 Å². The third kappa shape index (κ3) is 9.92. The van der Waals surface area contributed by atoms with E-state index in [1.807, 2.05) is 48.5 Å². The van der Waals surface area contributed by atoms with Gasteiger partial charge in [0.05, 0.1) is 55.7 Å². The molecule has 53 heavy (non-hydrogen) atoms. The Morgan fingerprint density at radius 2 is 1.02 bits per heavy atom. The van der Waals surface area contributed by atoms with Crippen LogP contribution < -0.4 is 11.1 Å². The van der Waals surface area contributed by atoms with Crippen molar-refractivity contribution >= 4 is 45.4 Å². The number of hydrogen-bond acceptors (Lipinski definition) is 9. The van der Waals surface area contributed by atoms with Gasteiger partial charge < -0.3 is 25.6 Å². The summed E-state index contributed by atoms with van der Waals surface area (Å²) < 4.78 is 33.2. The Balaban J connectivity index is 0.000000196. The molecule has 11 nitrogen and oxygen atoms in total. The molecule has 0 spiro atoms. The van der Waals surface area contributed by atoms with E-state index in [1.165, 1.54) is 18.6 Å². The minimum absolute atomic E-state index is 0.110. The molecule has 0 saturated heterocycles. The van der Waals surface area contributed by atoms with Crippen molar-refractivity contribution in [2.24, 2.45) is 5.73 Å². The number of nitrogens with two attached hydrogens (primary N) is 1. The highest BCUT2D eigenvalue weighted by molar-refractivity contribution is 7.84. The van der Waals surface area contributed by atoms with E-state index in [0.717, 1.165) is 22.3 Å². The Hall–Kier alpha value is -4.98. The molecular weight excluding hydrogens is 717 g/mol. The molecule has 280 valence electrons. The third-order valence-corrected chi connectivity index (χ3v) is 10.8. The third-order valence-electron chi connectivity index (χ3n) is 8.80. The van der Waals surface area contributed by atoms with Gasteiger partial charge in [-0.05, 0) is 60.4 Å². The Labute approximate surface area is 314 Å². The average Bonchev–Trinajstić information content (AvgIpc) is 3.70. The highest BCUT2D eigenvalue weighted by Crippen LogP contribution is 2.32. The van der Waals surface area contributed by atoms with Gasteiger partial charge in [0.15, 0.2) is 0 Å². The summed E-state index contributed by atoms with van der Waals surface area (Å²) in [6, 6.07) is 28.7. The fraction of sp³-hybridized carbons (Fsp3) is 0.300. The molecule has 0 aliphatic heterocycles. The van der Waals surface area contributed by atoms with Crippen LogP contribution in [0.4, 0.5) is 0 Å². The van der Waals surface area contributed by atoms with Gasteiger partial charge in [0.2, 0.25) is 0 Å². The Bertz CT molecular complexity index is 1950. The van der Waals surface area contributed by atoms with Crippen molar-refractivity contribution in [2.75, 3.05) is 25.7 Å². The van der Waals surface area contributed by atoms with Crippen LogP contribution in [-0.4, -0.2) is 74.1 Å². The highest BCUT2D eigenvalue weighted by atomic mass is 32.2. The summed E-state index contributed by atoms with van der Waals surface area (Å²) >= 11 is 0. The van der Waals surface area contributed by atoms with E-state index in [9.17, 15) is 27.6 Å². The van der Waals surface area contributed by atoms with Crippen molar-refractivity contribution in [3.8, 4) is 0 Å². The fourth-order valence-electron chi connectivity index (χ4n) is 6.32. The number of rotatable bonds is 9. The first-order valence-electron chi connectivity index (χ1n) is 16.9. The Kier molecular flexibility index (Phi) is 14.0.